The monoisotopic (exact) mass is 286 g/mol. The second-order valence-electron chi connectivity index (χ2n) is 5.25. The van der Waals surface area contributed by atoms with Crippen LogP contribution < -0.4 is 4.74 Å². The fraction of sp³-hybridized carbons (Fsp3) is 0.375. The lowest BCUT2D eigenvalue weighted by atomic mass is 10.1. The molecule has 0 fully saturated rings. The van der Waals surface area contributed by atoms with E-state index in [1.165, 1.54) is 5.56 Å². The Hall–Kier alpha value is -2.14. The number of rotatable bonds is 3. The third-order valence-corrected chi connectivity index (χ3v) is 3.62. The predicted octanol–water partition coefficient (Wildman–Crippen LogP) is 1.91. The lowest BCUT2D eigenvalue weighted by molar-refractivity contribution is -0.133. The minimum absolute atomic E-state index is 0.0289. The molecule has 0 spiro atoms. The molecule has 0 saturated carbocycles. The fourth-order valence-electron chi connectivity index (χ4n) is 2.48. The van der Waals surface area contributed by atoms with Crippen molar-refractivity contribution in [3.8, 4) is 5.88 Å². The summed E-state index contributed by atoms with van der Waals surface area (Å²) in [7, 11) is 1.63. The largest absolute Gasteiger partial charge is 0.467 e. The maximum Gasteiger partial charge on any atom is 0.260 e. The van der Waals surface area contributed by atoms with Crippen molar-refractivity contribution in [1.29, 1.82) is 0 Å². The molecule has 1 aliphatic rings. The highest BCUT2D eigenvalue weighted by Gasteiger charge is 2.22. The summed E-state index contributed by atoms with van der Waals surface area (Å²) >= 11 is 0. The number of aryl methyl sites for hydroxylation is 1. The summed E-state index contributed by atoms with van der Waals surface area (Å²) in [4.78, 5) is 18.3. The molecule has 5 nitrogen and oxygen atoms in total. The van der Waals surface area contributed by atoms with E-state index in [-0.39, 0.29) is 12.5 Å². The van der Waals surface area contributed by atoms with Crippen molar-refractivity contribution in [2.45, 2.75) is 13.5 Å². The molecule has 0 aliphatic carbocycles. The SMILES string of the molecule is COCCN1Cc2cc3cc(C)ccc3nc2OCC1=O. The van der Waals surface area contributed by atoms with Crippen LogP contribution in [0.25, 0.3) is 10.9 Å². The molecule has 2 heterocycles. The summed E-state index contributed by atoms with van der Waals surface area (Å²) in [5, 5.41) is 1.07. The maximum atomic E-state index is 12.1. The molecular formula is C16H18N2O3. The van der Waals surface area contributed by atoms with E-state index in [2.05, 4.69) is 24.0 Å². The van der Waals surface area contributed by atoms with Gasteiger partial charge in [-0.25, -0.2) is 4.98 Å². The van der Waals surface area contributed by atoms with Crippen LogP contribution in [0.5, 0.6) is 5.88 Å². The standard InChI is InChI=1S/C16H18N2O3/c1-11-3-4-14-12(7-11)8-13-9-18(5-6-20-2)15(19)10-21-16(13)17-14/h3-4,7-8H,5-6,9-10H2,1-2H3. The van der Waals surface area contributed by atoms with E-state index in [1.54, 1.807) is 12.0 Å². The molecule has 0 radical (unpaired) electrons. The van der Waals surface area contributed by atoms with Gasteiger partial charge >= 0.3 is 0 Å². The zero-order valence-corrected chi connectivity index (χ0v) is 12.3. The lowest BCUT2D eigenvalue weighted by Crippen LogP contribution is -2.34. The van der Waals surface area contributed by atoms with Crippen LogP contribution in [-0.4, -0.2) is 42.7 Å². The van der Waals surface area contributed by atoms with Gasteiger partial charge in [-0.2, -0.15) is 0 Å². The molecule has 0 bridgehead atoms. The van der Waals surface area contributed by atoms with Crippen LogP contribution in [0.3, 0.4) is 0 Å². The molecule has 2 aromatic rings. The van der Waals surface area contributed by atoms with Crippen LogP contribution in [-0.2, 0) is 16.1 Å². The van der Waals surface area contributed by atoms with Crippen LogP contribution in [0, 0.1) is 6.92 Å². The number of hydrogen-bond acceptors (Lipinski definition) is 4. The normalized spacial score (nSPS) is 14.8. The van der Waals surface area contributed by atoms with E-state index >= 15 is 0 Å². The molecule has 0 N–H and O–H groups in total. The van der Waals surface area contributed by atoms with E-state index in [4.69, 9.17) is 9.47 Å². The quantitative estimate of drug-likeness (QED) is 0.865. The van der Waals surface area contributed by atoms with Crippen LogP contribution in [0.15, 0.2) is 24.3 Å². The van der Waals surface area contributed by atoms with Crippen molar-refractivity contribution in [3.63, 3.8) is 0 Å². The Balaban J connectivity index is 1.98. The molecule has 1 aromatic heterocycles. The first-order chi connectivity index (χ1) is 10.2. The number of ether oxygens (including phenoxy) is 2. The number of methoxy groups -OCH3 is 1. The third kappa shape index (κ3) is 2.83. The molecule has 0 atom stereocenters. The number of fused-ring (bicyclic) bond motifs is 2. The minimum Gasteiger partial charge on any atom is -0.467 e. The van der Waals surface area contributed by atoms with E-state index in [9.17, 15) is 4.79 Å². The molecular weight excluding hydrogens is 268 g/mol. The number of nitrogens with zero attached hydrogens (tertiary/aromatic N) is 2. The number of carbonyl (C=O) groups is 1. The number of aromatic nitrogens is 1. The average molecular weight is 286 g/mol. The van der Waals surface area contributed by atoms with E-state index in [1.807, 2.05) is 12.1 Å². The van der Waals surface area contributed by atoms with Crippen molar-refractivity contribution in [1.82, 2.24) is 9.88 Å². The number of amides is 1. The number of hydrogen-bond donors (Lipinski definition) is 0. The summed E-state index contributed by atoms with van der Waals surface area (Å²) in [6, 6.07) is 8.15. The Morgan fingerprint density at radius 2 is 2.24 bits per heavy atom. The number of benzene rings is 1. The average Bonchev–Trinajstić information content (AvgIpc) is 2.62. The first-order valence-corrected chi connectivity index (χ1v) is 6.97. The second-order valence-corrected chi connectivity index (χ2v) is 5.25. The van der Waals surface area contributed by atoms with Gasteiger partial charge in [-0.05, 0) is 25.1 Å². The Kier molecular flexibility index (Phi) is 3.75. The van der Waals surface area contributed by atoms with Gasteiger partial charge in [0, 0.05) is 24.6 Å². The molecule has 1 aromatic carbocycles. The Bertz CT molecular complexity index is 685. The summed E-state index contributed by atoms with van der Waals surface area (Å²) in [6.07, 6.45) is 0. The van der Waals surface area contributed by atoms with Crippen LogP contribution in [0.1, 0.15) is 11.1 Å². The highest BCUT2D eigenvalue weighted by molar-refractivity contribution is 5.82. The zero-order valence-electron chi connectivity index (χ0n) is 12.3. The number of pyridine rings is 1. The second kappa shape index (κ2) is 5.69. The fourth-order valence-corrected chi connectivity index (χ4v) is 2.48. The summed E-state index contributed by atoms with van der Waals surface area (Å²) in [6.45, 7) is 3.66. The molecule has 110 valence electrons. The van der Waals surface area contributed by atoms with Crippen molar-refractivity contribution in [3.05, 3.63) is 35.4 Å². The van der Waals surface area contributed by atoms with Gasteiger partial charge in [-0.15, -0.1) is 0 Å². The molecule has 1 aliphatic heterocycles. The molecule has 5 heteroatoms. The Morgan fingerprint density at radius 1 is 1.38 bits per heavy atom. The molecule has 1 amide bonds. The van der Waals surface area contributed by atoms with Crippen LogP contribution in [0.4, 0.5) is 0 Å². The van der Waals surface area contributed by atoms with Gasteiger partial charge < -0.3 is 14.4 Å². The van der Waals surface area contributed by atoms with E-state index in [0.717, 1.165) is 16.5 Å². The van der Waals surface area contributed by atoms with Crippen LogP contribution >= 0.6 is 0 Å². The predicted molar refractivity (Wildman–Crippen MR) is 79.3 cm³/mol. The summed E-state index contributed by atoms with van der Waals surface area (Å²) < 4.78 is 10.6. The van der Waals surface area contributed by atoms with Gasteiger partial charge in [0.05, 0.1) is 18.7 Å². The Morgan fingerprint density at radius 3 is 3.05 bits per heavy atom. The van der Waals surface area contributed by atoms with Gasteiger partial charge in [-0.3, -0.25) is 4.79 Å². The van der Waals surface area contributed by atoms with Crippen molar-refractivity contribution in [2.75, 3.05) is 26.9 Å². The Labute approximate surface area is 123 Å². The van der Waals surface area contributed by atoms with Gasteiger partial charge in [0.2, 0.25) is 5.88 Å². The maximum absolute atomic E-state index is 12.1. The zero-order chi connectivity index (χ0) is 14.8. The van der Waals surface area contributed by atoms with E-state index in [0.29, 0.717) is 25.6 Å². The topological polar surface area (TPSA) is 51.7 Å². The first-order valence-electron chi connectivity index (χ1n) is 6.97. The number of carbonyl (C=O) groups excluding carboxylic acids is 1. The smallest absolute Gasteiger partial charge is 0.260 e. The lowest BCUT2D eigenvalue weighted by Gasteiger charge is -2.19. The molecule has 21 heavy (non-hydrogen) atoms. The van der Waals surface area contributed by atoms with Gasteiger partial charge in [-0.1, -0.05) is 11.6 Å². The van der Waals surface area contributed by atoms with Crippen LogP contribution in [0.2, 0.25) is 0 Å². The summed E-state index contributed by atoms with van der Waals surface area (Å²) in [5.41, 5.74) is 3.01. The highest BCUT2D eigenvalue weighted by atomic mass is 16.5. The molecule has 0 unspecified atom stereocenters. The summed E-state index contributed by atoms with van der Waals surface area (Å²) in [5.74, 6) is 0.518. The first kappa shape index (κ1) is 13.8. The van der Waals surface area contributed by atoms with Gasteiger partial charge in [0.15, 0.2) is 6.61 Å². The molecule has 0 saturated heterocycles. The highest BCUT2D eigenvalue weighted by Crippen LogP contribution is 2.26. The van der Waals surface area contributed by atoms with Crippen molar-refractivity contribution < 1.29 is 14.3 Å². The van der Waals surface area contributed by atoms with Gasteiger partial charge in [0.1, 0.15) is 0 Å². The van der Waals surface area contributed by atoms with Gasteiger partial charge in [0.25, 0.3) is 5.91 Å². The van der Waals surface area contributed by atoms with Crippen molar-refractivity contribution >= 4 is 16.8 Å². The van der Waals surface area contributed by atoms with E-state index < -0.39 is 0 Å². The third-order valence-electron chi connectivity index (χ3n) is 3.62. The minimum atomic E-state index is -0.0368. The molecule has 3 rings (SSSR count). The van der Waals surface area contributed by atoms with Crippen molar-refractivity contribution in [2.24, 2.45) is 0 Å².